The zero-order chi connectivity index (χ0) is 46.2. The molecular formula is C55H57FN6O5. The van der Waals surface area contributed by atoms with E-state index in [9.17, 15) is 28.4 Å². The zero-order valence-corrected chi connectivity index (χ0v) is 38.1. The van der Waals surface area contributed by atoms with Crippen LogP contribution in [0.3, 0.4) is 0 Å². The fraction of sp³-hybridized carbons (Fsp3) is 0.400. The number of hydrogen-bond acceptors (Lipinski definition) is 7. The van der Waals surface area contributed by atoms with Gasteiger partial charge in [-0.05, 0) is 147 Å². The van der Waals surface area contributed by atoms with Gasteiger partial charge in [-0.25, -0.2) is 4.39 Å². The van der Waals surface area contributed by atoms with Crippen molar-refractivity contribution >= 4 is 56.8 Å². The molecule has 11 nitrogen and oxygen atoms in total. The first-order valence-corrected chi connectivity index (χ1v) is 24.1. The maximum absolute atomic E-state index is 13.6. The van der Waals surface area contributed by atoms with Crippen LogP contribution in [0.1, 0.15) is 103 Å². The summed E-state index contributed by atoms with van der Waals surface area (Å²) < 4.78 is 13.6. The largest absolute Gasteiger partial charge is 0.352 e. The first-order valence-electron chi connectivity index (χ1n) is 24.1. The average molecular weight is 901 g/mol. The molecule has 0 saturated carbocycles. The molecule has 5 amide bonds. The summed E-state index contributed by atoms with van der Waals surface area (Å²) in [7, 11) is 0. The Morgan fingerprint density at radius 1 is 0.791 bits per heavy atom. The minimum Gasteiger partial charge on any atom is -0.352 e. The number of likely N-dealkylation sites (tertiary alicyclic amines) is 3. The lowest BCUT2D eigenvalue weighted by Gasteiger charge is -2.36. The molecule has 5 aromatic carbocycles. The Morgan fingerprint density at radius 2 is 1.54 bits per heavy atom. The molecule has 10 rings (SSSR count). The van der Waals surface area contributed by atoms with E-state index in [0.29, 0.717) is 38.2 Å². The molecule has 2 atom stereocenters. The molecule has 5 heterocycles. The van der Waals surface area contributed by atoms with Gasteiger partial charge in [0.05, 0.1) is 12.2 Å². The second kappa shape index (κ2) is 19.1. The van der Waals surface area contributed by atoms with Crippen LogP contribution in [0.5, 0.6) is 0 Å². The predicted octanol–water partition coefficient (Wildman–Crippen LogP) is 7.46. The summed E-state index contributed by atoms with van der Waals surface area (Å²) in [6, 6.07) is 28.6. The fourth-order valence-electron chi connectivity index (χ4n) is 11.3. The van der Waals surface area contributed by atoms with E-state index in [1.165, 1.54) is 28.6 Å². The highest BCUT2D eigenvalue weighted by Gasteiger charge is 2.41. The van der Waals surface area contributed by atoms with Gasteiger partial charge >= 0.3 is 0 Å². The van der Waals surface area contributed by atoms with E-state index < -0.39 is 11.9 Å². The van der Waals surface area contributed by atoms with E-state index in [-0.39, 0.29) is 59.7 Å². The SMILES string of the molecule is CC(c1ccc(C#CC2CCN(C(=O)CN3CCC(c4ccc5c6c(cccc46)C(=O)N5C4CCC(=O)NC4=O)CC3)CC2)c2ccccc12)N1CCC(C(=O)NCc2cccc(F)c2)CC1. The Morgan fingerprint density at radius 3 is 2.30 bits per heavy atom. The summed E-state index contributed by atoms with van der Waals surface area (Å²) in [6.45, 7) is 7.66. The molecular weight excluding hydrogens is 844 g/mol. The highest BCUT2D eigenvalue weighted by atomic mass is 19.1. The number of carbonyl (C=O) groups excluding carboxylic acids is 5. The van der Waals surface area contributed by atoms with E-state index in [4.69, 9.17) is 0 Å². The smallest absolute Gasteiger partial charge is 0.259 e. The highest BCUT2D eigenvalue weighted by molar-refractivity contribution is 6.27. The van der Waals surface area contributed by atoms with Crippen molar-refractivity contribution in [2.24, 2.45) is 11.8 Å². The van der Waals surface area contributed by atoms with Crippen LogP contribution in [-0.4, -0.2) is 96.1 Å². The lowest BCUT2D eigenvalue weighted by molar-refractivity contribution is -0.135. The molecule has 2 N–H and O–H groups in total. The molecule has 0 bridgehead atoms. The molecule has 0 radical (unpaired) electrons. The summed E-state index contributed by atoms with van der Waals surface area (Å²) in [4.78, 5) is 73.2. The third-order valence-corrected chi connectivity index (χ3v) is 15.1. The van der Waals surface area contributed by atoms with Crippen molar-refractivity contribution in [2.75, 3.05) is 50.7 Å². The molecule has 0 aliphatic carbocycles. The maximum atomic E-state index is 13.6. The zero-order valence-electron chi connectivity index (χ0n) is 38.1. The highest BCUT2D eigenvalue weighted by Crippen LogP contribution is 2.44. The van der Waals surface area contributed by atoms with E-state index in [2.05, 4.69) is 87.7 Å². The lowest BCUT2D eigenvalue weighted by atomic mass is 9.85. The van der Waals surface area contributed by atoms with Gasteiger partial charge in [-0.3, -0.25) is 44.0 Å². The summed E-state index contributed by atoms with van der Waals surface area (Å²) in [5.74, 6) is 6.53. The molecule has 12 heteroatoms. The number of amides is 5. The Labute approximate surface area is 391 Å². The third kappa shape index (κ3) is 9.07. The number of imide groups is 1. The molecule has 5 aromatic rings. The van der Waals surface area contributed by atoms with E-state index >= 15 is 0 Å². The molecule has 5 aliphatic rings. The van der Waals surface area contributed by atoms with Gasteiger partial charge in [0.15, 0.2) is 0 Å². The Bertz CT molecular complexity index is 2830. The second-order valence-corrected chi connectivity index (χ2v) is 19.1. The molecule has 0 aromatic heterocycles. The van der Waals surface area contributed by atoms with Crippen molar-refractivity contribution < 1.29 is 28.4 Å². The average Bonchev–Trinajstić information content (AvgIpc) is 3.64. The van der Waals surface area contributed by atoms with Gasteiger partial charge in [-0.15, -0.1) is 0 Å². The Balaban J connectivity index is 0.706. The van der Waals surface area contributed by atoms with Crippen LogP contribution >= 0.6 is 0 Å². The van der Waals surface area contributed by atoms with Crippen LogP contribution < -0.4 is 15.5 Å². The number of piperidine rings is 4. The van der Waals surface area contributed by atoms with Gasteiger partial charge in [0.25, 0.3) is 5.91 Å². The van der Waals surface area contributed by atoms with E-state index in [1.807, 2.05) is 29.2 Å². The predicted molar refractivity (Wildman–Crippen MR) is 256 cm³/mol. The van der Waals surface area contributed by atoms with Crippen molar-refractivity contribution in [1.82, 2.24) is 25.3 Å². The van der Waals surface area contributed by atoms with Gasteiger partial charge in [-0.2, -0.15) is 0 Å². The van der Waals surface area contributed by atoms with E-state index in [1.54, 1.807) is 11.0 Å². The minimum atomic E-state index is -0.709. The monoisotopic (exact) mass is 900 g/mol. The lowest BCUT2D eigenvalue weighted by Crippen LogP contribution is -2.53. The normalized spacial score (nSPS) is 20.5. The quantitative estimate of drug-likeness (QED) is 0.116. The van der Waals surface area contributed by atoms with Crippen LogP contribution in [0.15, 0.2) is 91.0 Å². The van der Waals surface area contributed by atoms with Crippen LogP contribution in [0, 0.1) is 29.5 Å². The van der Waals surface area contributed by atoms with Gasteiger partial charge in [0.2, 0.25) is 23.6 Å². The van der Waals surface area contributed by atoms with Crippen molar-refractivity contribution in [3.63, 3.8) is 0 Å². The van der Waals surface area contributed by atoms with Crippen molar-refractivity contribution in [2.45, 2.75) is 82.8 Å². The maximum Gasteiger partial charge on any atom is 0.259 e. The number of nitrogens with zero attached hydrogens (tertiary/aromatic N) is 4. The number of hydrogen-bond donors (Lipinski definition) is 2. The molecule has 0 spiro atoms. The number of rotatable bonds is 9. The van der Waals surface area contributed by atoms with Crippen LogP contribution in [-0.2, 0) is 25.7 Å². The Kier molecular flexibility index (Phi) is 12.6. The van der Waals surface area contributed by atoms with Gasteiger partial charge in [0, 0.05) is 60.4 Å². The van der Waals surface area contributed by atoms with Crippen molar-refractivity contribution in [1.29, 1.82) is 0 Å². The van der Waals surface area contributed by atoms with Gasteiger partial charge < -0.3 is 10.2 Å². The fourth-order valence-corrected chi connectivity index (χ4v) is 11.3. The van der Waals surface area contributed by atoms with Crippen molar-refractivity contribution in [3.8, 4) is 11.8 Å². The molecule has 67 heavy (non-hydrogen) atoms. The summed E-state index contributed by atoms with van der Waals surface area (Å²) in [5.41, 5.74) is 5.56. The summed E-state index contributed by atoms with van der Waals surface area (Å²) in [6.07, 6.45) is 5.58. The van der Waals surface area contributed by atoms with E-state index in [0.717, 1.165) is 97.7 Å². The molecule has 2 unspecified atom stereocenters. The molecule has 4 saturated heterocycles. The molecule has 4 fully saturated rings. The number of nitrogens with one attached hydrogen (secondary N) is 2. The first kappa shape index (κ1) is 44.4. The summed E-state index contributed by atoms with van der Waals surface area (Å²) >= 11 is 0. The number of halogens is 1. The number of anilines is 1. The van der Waals surface area contributed by atoms with Crippen LogP contribution in [0.25, 0.3) is 21.5 Å². The number of fused-ring (bicyclic) bond motifs is 1. The van der Waals surface area contributed by atoms with Crippen LogP contribution in [0.4, 0.5) is 10.1 Å². The third-order valence-electron chi connectivity index (χ3n) is 15.1. The number of carbonyl (C=O) groups is 5. The minimum absolute atomic E-state index is 0.0345. The molecule has 344 valence electrons. The first-order chi connectivity index (χ1) is 32.6. The number of benzene rings is 5. The molecule has 5 aliphatic heterocycles. The van der Waals surface area contributed by atoms with Gasteiger partial charge in [-0.1, -0.05) is 72.5 Å². The van der Waals surface area contributed by atoms with Crippen LogP contribution in [0.2, 0.25) is 0 Å². The van der Waals surface area contributed by atoms with Gasteiger partial charge in [0.1, 0.15) is 11.9 Å². The standard InChI is InChI=1S/C55H57FN6O5/c1-35(60-30-24-40(25-31-60)53(65)57-33-37-6-4-7-41(56)32-37)42-15-14-38(43-8-2-3-9-45(42)43)13-12-36-20-28-61(29-21-36)51(64)34-59-26-22-39(23-27-59)44-16-17-48-52-46(44)10-5-11-47(52)55(67)62(48)49-18-19-50(63)58-54(49)66/h2-11,14-17,32,35-36,39-40,49H,18-31,33-34H2,1H3,(H,57,65)(H,58,63,66). The Hall–Kier alpha value is -6.42. The summed E-state index contributed by atoms with van der Waals surface area (Å²) in [5, 5.41) is 9.66. The van der Waals surface area contributed by atoms with Crippen molar-refractivity contribution in [3.05, 3.63) is 125 Å². The topological polar surface area (TPSA) is 122 Å². The second-order valence-electron chi connectivity index (χ2n) is 19.1.